The molecule has 316 valence electrons. The van der Waals surface area contributed by atoms with Crippen molar-refractivity contribution in [3.8, 4) is 22.8 Å². The van der Waals surface area contributed by atoms with Crippen LogP contribution in [0.25, 0.3) is 22.8 Å². The summed E-state index contributed by atoms with van der Waals surface area (Å²) in [6, 6.07) is 11.9. The van der Waals surface area contributed by atoms with E-state index in [2.05, 4.69) is 94.4 Å². The first-order valence-electron chi connectivity index (χ1n) is 15.7. The third-order valence-corrected chi connectivity index (χ3v) is 8.72. The van der Waals surface area contributed by atoms with Crippen LogP contribution < -0.4 is 21.3 Å². The zero-order chi connectivity index (χ0) is 44.2. The van der Waals surface area contributed by atoms with Crippen molar-refractivity contribution in [1.82, 2.24) is 41.2 Å². The van der Waals surface area contributed by atoms with Crippen LogP contribution in [-0.2, 0) is 24.7 Å². The molecule has 0 atom stereocenters. The molecule has 0 saturated heterocycles. The van der Waals surface area contributed by atoms with E-state index in [-0.39, 0.29) is 34.0 Å². The molecule has 6 N–H and O–H groups in total. The Morgan fingerprint density at radius 1 is 0.467 bits per heavy atom. The lowest BCUT2D eigenvalue weighted by molar-refractivity contribution is -0.144. The average molecular weight is 1020 g/mol. The molecule has 12 nitrogen and oxygen atoms in total. The van der Waals surface area contributed by atoms with Gasteiger partial charge < -0.3 is 21.3 Å². The van der Waals surface area contributed by atoms with Gasteiger partial charge in [0.25, 0.3) is 0 Å². The number of aromatic amines is 2. The van der Waals surface area contributed by atoms with Crippen LogP contribution in [-0.4, -0.2) is 51.5 Å². The molecule has 60 heavy (non-hydrogen) atoms. The fraction of sp³-hybridized carbons (Fsp3) is 0.125. The predicted molar refractivity (Wildman–Crippen MR) is 207 cm³/mol. The van der Waals surface area contributed by atoms with E-state index in [1.807, 2.05) is 0 Å². The predicted octanol–water partition coefficient (Wildman–Crippen LogP) is 11.0. The number of H-pyrrole nitrogens is 2. The molecule has 4 aromatic carbocycles. The van der Waals surface area contributed by atoms with Crippen LogP contribution in [0.2, 0.25) is 0 Å². The average Bonchev–Trinajstić information content (AvgIpc) is 3.88. The van der Waals surface area contributed by atoms with Crippen molar-refractivity contribution in [1.29, 1.82) is 0 Å². The number of alkyl halides is 12. The summed E-state index contributed by atoms with van der Waals surface area (Å²) in [6.07, 6.45) is -19.9. The summed E-state index contributed by atoms with van der Waals surface area (Å²) in [5, 5.41) is 36.4. The van der Waals surface area contributed by atoms with Gasteiger partial charge in [-0.1, -0.05) is 31.9 Å². The summed E-state index contributed by atoms with van der Waals surface area (Å²) in [5.41, 5.74) is -5.24. The lowest BCUT2D eigenvalue weighted by Crippen LogP contribution is -2.21. The lowest BCUT2D eigenvalue weighted by atomic mass is 10.1. The first-order valence-corrected chi connectivity index (χ1v) is 18.1. The van der Waals surface area contributed by atoms with E-state index >= 15 is 0 Å². The van der Waals surface area contributed by atoms with Crippen molar-refractivity contribution < 1.29 is 52.7 Å². The molecule has 6 aromatic rings. The third-order valence-electron chi connectivity index (χ3n) is 7.32. The summed E-state index contributed by atoms with van der Waals surface area (Å²) >= 11 is 16.7. The molecule has 0 aliphatic carbocycles. The van der Waals surface area contributed by atoms with Gasteiger partial charge in [0.15, 0.2) is 10.2 Å². The van der Waals surface area contributed by atoms with Crippen LogP contribution in [0.15, 0.2) is 81.7 Å². The maximum atomic E-state index is 13.0. The highest BCUT2D eigenvalue weighted by Gasteiger charge is 2.38. The standard InChI is InChI=1S/2C16H9BrF6N6S/c2*17-9-1-2-12(11(6-9)13-26-28-29-27-13)25-14(30)24-10-4-7(15(18,19)20)3-8(5-10)16(21,22)23/h2*1-6H,(H2,24,25,30)(H,26,27,28,29). The van der Waals surface area contributed by atoms with Gasteiger partial charge in [0.1, 0.15) is 0 Å². The number of halogens is 14. The van der Waals surface area contributed by atoms with Gasteiger partial charge in [-0.15, -0.1) is 20.4 Å². The fourth-order valence-corrected chi connectivity index (χ4v) is 5.97. The fourth-order valence-electron chi connectivity index (χ4n) is 4.80. The summed E-state index contributed by atoms with van der Waals surface area (Å²) in [5.74, 6) is 0.389. The molecule has 0 unspecified atom stereocenters. The first-order chi connectivity index (χ1) is 27.9. The van der Waals surface area contributed by atoms with E-state index < -0.39 is 58.3 Å². The highest BCUT2D eigenvalue weighted by molar-refractivity contribution is 9.10. The van der Waals surface area contributed by atoms with Gasteiger partial charge in [-0.2, -0.15) is 63.1 Å². The van der Waals surface area contributed by atoms with Crippen molar-refractivity contribution >= 4 is 89.3 Å². The van der Waals surface area contributed by atoms with Crippen molar-refractivity contribution in [2.24, 2.45) is 0 Å². The minimum Gasteiger partial charge on any atom is -0.332 e. The summed E-state index contributed by atoms with van der Waals surface area (Å²) in [6.45, 7) is 0. The Morgan fingerprint density at radius 3 is 1.05 bits per heavy atom. The normalized spacial score (nSPS) is 12.0. The molecule has 6 rings (SSSR count). The Hall–Kier alpha value is -5.48. The number of thiocarbonyl (C=S) groups is 2. The molecule has 0 bridgehead atoms. The minimum atomic E-state index is -4.97. The number of aromatic nitrogens is 8. The van der Waals surface area contributed by atoms with E-state index in [1.165, 1.54) is 0 Å². The maximum absolute atomic E-state index is 13.0. The van der Waals surface area contributed by atoms with Crippen molar-refractivity contribution in [3.63, 3.8) is 0 Å². The van der Waals surface area contributed by atoms with Gasteiger partial charge in [-0.3, -0.25) is 0 Å². The molecule has 0 fully saturated rings. The van der Waals surface area contributed by atoms with Crippen molar-refractivity contribution in [2.45, 2.75) is 24.7 Å². The Kier molecular flexibility index (Phi) is 13.7. The Bertz CT molecular complexity index is 2240. The number of hydrogen-bond donors (Lipinski definition) is 6. The molecule has 0 radical (unpaired) electrons. The van der Waals surface area contributed by atoms with E-state index in [0.717, 1.165) is 0 Å². The van der Waals surface area contributed by atoms with Crippen LogP contribution in [0.1, 0.15) is 22.3 Å². The van der Waals surface area contributed by atoms with Gasteiger partial charge in [-0.25, -0.2) is 0 Å². The number of nitrogens with zero attached hydrogens (tertiary/aromatic N) is 6. The first kappa shape index (κ1) is 45.6. The highest BCUT2D eigenvalue weighted by atomic mass is 79.9. The second kappa shape index (κ2) is 18.0. The summed E-state index contributed by atoms with van der Waals surface area (Å²) in [7, 11) is 0. The monoisotopic (exact) mass is 1020 g/mol. The Morgan fingerprint density at radius 2 is 0.783 bits per heavy atom. The molecule has 28 heteroatoms. The second-order valence-electron chi connectivity index (χ2n) is 11.6. The SMILES string of the molecule is FC(F)(F)c1cc(NC(=S)Nc2ccc(Br)cc2-c2nn[nH]n2)cc(C(F)(F)F)c1.FC(F)(F)c1cc(NC(=S)Nc2ccc(Br)cc2-c2nn[nH]n2)cc(C(F)(F)F)c1. The van der Waals surface area contributed by atoms with Gasteiger partial charge >= 0.3 is 24.7 Å². The number of nitrogens with one attached hydrogen (secondary N) is 6. The molecule has 0 saturated carbocycles. The molecule has 0 spiro atoms. The second-order valence-corrected chi connectivity index (χ2v) is 14.2. The quantitative estimate of drug-likeness (QED) is 0.0694. The van der Waals surface area contributed by atoms with Gasteiger partial charge in [0.05, 0.1) is 33.6 Å². The number of hydrogen-bond acceptors (Lipinski definition) is 8. The van der Waals surface area contributed by atoms with Gasteiger partial charge in [0, 0.05) is 31.4 Å². The van der Waals surface area contributed by atoms with Crippen LogP contribution in [0.5, 0.6) is 0 Å². The van der Waals surface area contributed by atoms with Gasteiger partial charge in [0.2, 0.25) is 11.6 Å². The number of rotatable bonds is 6. The van der Waals surface area contributed by atoms with Crippen molar-refractivity contribution in [2.75, 3.05) is 21.3 Å². The zero-order valence-corrected chi connectivity index (χ0v) is 33.5. The van der Waals surface area contributed by atoms with Crippen LogP contribution in [0.4, 0.5) is 75.4 Å². The number of tetrazole rings is 2. The van der Waals surface area contributed by atoms with Crippen LogP contribution >= 0.6 is 56.3 Å². The summed E-state index contributed by atoms with van der Waals surface area (Å²) in [4.78, 5) is 0. The van der Waals surface area contributed by atoms with Gasteiger partial charge in [-0.05, 0) is 108 Å². The Labute approximate surface area is 354 Å². The van der Waals surface area contributed by atoms with E-state index in [4.69, 9.17) is 24.4 Å². The third kappa shape index (κ3) is 12.3. The molecule has 0 aliphatic heterocycles. The Balaban J connectivity index is 0.000000228. The largest absolute Gasteiger partial charge is 0.416 e. The number of anilines is 4. The topological polar surface area (TPSA) is 157 Å². The molecule has 2 aromatic heterocycles. The molecular weight excluding hydrogens is 1000 g/mol. The van der Waals surface area contributed by atoms with E-state index in [1.54, 1.807) is 36.4 Å². The maximum Gasteiger partial charge on any atom is 0.416 e. The van der Waals surface area contributed by atoms with E-state index in [0.29, 0.717) is 55.7 Å². The minimum absolute atomic E-state index is 0.0325. The number of benzene rings is 4. The van der Waals surface area contributed by atoms with Crippen molar-refractivity contribution in [3.05, 3.63) is 104 Å². The van der Waals surface area contributed by atoms with Crippen LogP contribution in [0, 0.1) is 0 Å². The molecular formula is C32H18Br2F12N12S2. The molecule has 2 heterocycles. The highest BCUT2D eigenvalue weighted by Crippen LogP contribution is 2.39. The summed E-state index contributed by atoms with van der Waals surface area (Å²) < 4.78 is 157. The lowest BCUT2D eigenvalue weighted by Gasteiger charge is -2.17. The molecule has 0 aliphatic rings. The van der Waals surface area contributed by atoms with Crippen LogP contribution in [0.3, 0.4) is 0 Å². The smallest absolute Gasteiger partial charge is 0.332 e. The zero-order valence-electron chi connectivity index (χ0n) is 28.7. The molecule has 0 amide bonds. The van der Waals surface area contributed by atoms with E-state index in [9.17, 15) is 52.7 Å².